The Bertz CT molecular complexity index is 214. The quantitative estimate of drug-likeness (QED) is 0.586. The second kappa shape index (κ2) is 4.42. The van der Waals surface area contributed by atoms with Crippen LogP contribution in [0.5, 0.6) is 0 Å². The number of hydrogen-bond acceptors (Lipinski definition) is 2. The van der Waals surface area contributed by atoms with Crippen molar-refractivity contribution >= 4 is 12.0 Å². The molecule has 1 aliphatic carbocycles. The first kappa shape index (κ1) is 8.62. The number of rotatable bonds is 2. The number of hydrogen-bond donors (Lipinski definition) is 0. The van der Waals surface area contributed by atoms with Crippen LogP contribution >= 0.6 is 12.0 Å². The lowest BCUT2D eigenvalue weighted by molar-refractivity contribution is 0.493. The highest BCUT2D eigenvalue weighted by atomic mass is 32.2. The fourth-order valence-electron chi connectivity index (χ4n) is 0.869. The van der Waals surface area contributed by atoms with Crippen molar-refractivity contribution < 1.29 is 4.18 Å². The van der Waals surface area contributed by atoms with Crippen molar-refractivity contribution in [2.75, 3.05) is 7.11 Å². The summed E-state index contributed by atoms with van der Waals surface area (Å²) in [4.78, 5) is 1.18. The molecule has 0 spiro atoms. The molecular weight excluding hydrogens is 156 g/mol. The fraction of sp³-hybridized carbons (Fsp3) is 0.333. The number of allylic oxidation sites excluding steroid dienone is 5. The van der Waals surface area contributed by atoms with E-state index in [1.54, 1.807) is 7.11 Å². The Morgan fingerprint density at radius 2 is 2.18 bits per heavy atom. The second-order valence-electron chi connectivity index (χ2n) is 2.37. The van der Waals surface area contributed by atoms with E-state index in [2.05, 4.69) is 31.2 Å². The monoisotopic (exact) mass is 168 g/mol. The van der Waals surface area contributed by atoms with Gasteiger partial charge in [0.25, 0.3) is 0 Å². The second-order valence-corrected chi connectivity index (χ2v) is 3.35. The minimum Gasteiger partial charge on any atom is -0.314 e. The van der Waals surface area contributed by atoms with E-state index in [-0.39, 0.29) is 0 Å². The van der Waals surface area contributed by atoms with Crippen LogP contribution in [0, 0.1) is 0 Å². The SMILES string of the molecule is COSC1=CCC=C(C)C=C1. The summed E-state index contributed by atoms with van der Waals surface area (Å²) >= 11 is 1.41. The molecule has 0 amide bonds. The molecule has 0 saturated heterocycles. The van der Waals surface area contributed by atoms with Gasteiger partial charge in [0.15, 0.2) is 0 Å². The van der Waals surface area contributed by atoms with E-state index >= 15 is 0 Å². The molecule has 0 aromatic carbocycles. The molecule has 1 rings (SSSR count). The van der Waals surface area contributed by atoms with E-state index in [0.29, 0.717) is 0 Å². The van der Waals surface area contributed by atoms with Gasteiger partial charge < -0.3 is 4.18 Å². The van der Waals surface area contributed by atoms with E-state index in [1.807, 2.05) is 0 Å². The van der Waals surface area contributed by atoms with Crippen molar-refractivity contribution in [2.45, 2.75) is 13.3 Å². The molecule has 1 aliphatic rings. The molecule has 2 heteroatoms. The molecule has 0 saturated carbocycles. The van der Waals surface area contributed by atoms with E-state index in [0.717, 1.165) is 6.42 Å². The summed E-state index contributed by atoms with van der Waals surface area (Å²) in [7, 11) is 1.69. The molecule has 0 aromatic heterocycles. The minimum atomic E-state index is 1.00. The third kappa shape index (κ3) is 2.95. The van der Waals surface area contributed by atoms with Gasteiger partial charge in [-0.25, -0.2) is 0 Å². The predicted octanol–water partition coefficient (Wildman–Crippen LogP) is 3.07. The molecule has 1 nitrogen and oxygen atoms in total. The lowest BCUT2D eigenvalue weighted by atomic mass is 10.2. The van der Waals surface area contributed by atoms with Crippen LogP contribution in [0.25, 0.3) is 0 Å². The van der Waals surface area contributed by atoms with Gasteiger partial charge in [-0.15, -0.1) is 0 Å². The summed E-state index contributed by atoms with van der Waals surface area (Å²) in [5.41, 5.74) is 1.31. The Balaban J connectivity index is 2.58. The van der Waals surface area contributed by atoms with E-state index < -0.39 is 0 Å². The van der Waals surface area contributed by atoms with Gasteiger partial charge in [0.1, 0.15) is 0 Å². The maximum absolute atomic E-state index is 4.95. The smallest absolute Gasteiger partial charge is 0.0508 e. The van der Waals surface area contributed by atoms with Gasteiger partial charge in [0, 0.05) is 16.9 Å². The maximum Gasteiger partial charge on any atom is 0.0508 e. The molecule has 0 aromatic rings. The topological polar surface area (TPSA) is 9.23 Å². The normalized spacial score (nSPS) is 17.3. The Labute approximate surface area is 72.0 Å². The first-order chi connectivity index (χ1) is 5.33. The fourth-order valence-corrected chi connectivity index (χ4v) is 1.35. The van der Waals surface area contributed by atoms with Crippen molar-refractivity contribution in [2.24, 2.45) is 0 Å². The molecule has 0 aliphatic heterocycles. The molecule has 0 bridgehead atoms. The van der Waals surface area contributed by atoms with Crippen molar-refractivity contribution in [1.82, 2.24) is 0 Å². The van der Waals surface area contributed by atoms with Gasteiger partial charge in [0.05, 0.1) is 7.11 Å². The van der Waals surface area contributed by atoms with Crippen LogP contribution in [0.4, 0.5) is 0 Å². The van der Waals surface area contributed by atoms with Crippen molar-refractivity contribution in [3.8, 4) is 0 Å². The summed E-state index contributed by atoms with van der Waals surface area (Å²) in [6, 6.07) is 0. The van der Waals surface area contributed by atoms with Crippen LogP contribution in [-0.4, -0.2) is 7.11 Å². The Hall–Kier alpha value is -0.470. The Morgan fingerprint density at radius 1 is 1.36 bits per heavy atom. The van der Waals surface area contributed by atoms with Crippen molar-refractivity contribution in [1.29, 1.82) is 0 Å². The molecule has 0 fully saturated rings. The van der Waals surface area contributed by atoms with Gasteiger partial charge in [0.2, 0.25) is 0 Å². The lowest BCUT2D eigenvalue weighted by Gasteiger charge is -1.94. The van der Waals surface area contributed by atoms with E-state index in [1.165, 1.54) is 22.5 Å². The average molecular weight is 168 g/mol. The van der Waals surface area contributed by atoms with Crippen LogP contribution in [0.2, 0.25) is 0 Å². The summed E-state index contributed by atoms with van der Waals surface area (Å²) < 4.78 is 4.95. The van der Waals surface area contributed by atoms with Crippen LogP contribution < -0.4 is 0 Å². The third-order valence-corrected chi connectivity index (χ3v) is 2.11. The summed E-state index contributed by atoms with van der Waals surface area (Å²) in [6.45, 7) is 2.10. The third-order valence-electron chi connectivity index (χ3n) is 1.45. The zero-order valence-corrected chi connectivity index (χ0v) is 7.65. The minimum absolute atomic E-state index is 1.00. The van der Waals surface area contributed by atoms with Gasteiger partial charge in [-0.05, 0) is 19.4 Å². The molecule has 0 heterocycles. The first-order valence-electron chi connectivity index (χ1n) is 3.58. The van der Waals surface area contributed by atoms with Crippen molar-refractivity contribution in [3.05, 3.63) is 34.8 Å². The van der Waals surface area contributed by atoms with Crippen LogP contribution in [0.15, 0.2) is 34.8 Å². The molecule has 0 atom stereocenters. The Morgan fingerprint density at radius 3 is 2.91 bits per heavy atom. The van der Waals surface area contributed by atoms with Crippen LogP contribution in [-0.2, 0) is 4.18 Å². The summed E-state index contributed by atoms with van der Waals surface area (Å²) in [5.74, 6) is 0. The highest BCUT2D eigenvalue weighted by molar-refractivity contribution is 7.98. The molecule has 0 unspecified atom stereocenters. The summed E-state index contributed by atoms with van der Waals surface area (Å²) in [5, 5.41) is 0. The first-order valence-corrected chi connectivity index (χ1v) is 4.33. The highest BCUT2D eigenvalue weighted by Crippen LogP contribution is 2.21. The van der Waals surface area contributed by atoms with Gasteiger partial charge >= 0.3 is 0 Å². The highest BCUT2D eigenvalue weighted by Gasteiger charge is 1.95. The largest absolute Gasteiger partial charge is 0.314 e. The van der Waals surface area contributed by atoms with Crippen LogP contribution in [0.3, 0.4) is 0 Å². The molecule has 11 heavy (non-hydrogen) atoms. The average Bonchev–Trinajstić information content (AvgIpc) is 2.17. The van der Waals surface area contributed by atoms with Crippen molar-refractivity contribution in [3.63, 3.8) is 0 Å². The van der Waals surface area contributed by atoms with Gasteiger partial charge in [-0.1, -0.05) is 23.8 Å². The van der Waals surface area contributed by atoms with Gasteiger partial charge in [-0.3, -0.25) is 0 Å². The standard InChI is InChI=1S/C9H12OS/c1-8-4-3-5-9(7-6-8)11-10-2/h4-7H,3H2,1-2H3. The molecular formula is C9H12OS. The lowest BCUT2D eigenvalue weighted by Crippen LogP contribution is -1.70. The zero-order chi connectivity index (χ0) is 8.10. The maximum atomic E-state index is 4.95. The zero-order valence-electron chi connectivity index (χ0n) is 6.83. The predicted molar refractivity (Wildman–Crippen MR) is 50.2 cm³/mol. The van der Waals surface area contributed by atoms with Gasteiger partial charge in [-0.2, -0.15) is 0 Å². The molecule has 60 valence electrons. The Kier molecular flexibility index (Phi) is 3.46. The molecule has 0 N–H and O–H groups in total. The van der Waals surface area contributed by atoms with E-state index in [4.69, 9.17) is 4.18 Å². The van der Waals surface area contributed by atoms with Crippen LogP contribution in [0.1, 0.15) is 13.3 Å². The van der Waals surface area contributed by atoms with E-state index in [9.17, 15) is 0 Å². The molecule has 0 radical (unpaired) electrons. The summed E-state index contributed by atoms with van der Waals surface area (Å²) in [6.07, 6.45) is 9.53.